The highest BCUT2D eigenvalue weighted by Crippen LogP contribution is 2.23. The molecule has 0 bridgehead atoms. The topological polar surface area (TPSA) is 78.7 Å². The molecular weight excluding hydrogens is 453 g/mol. The van der Waals surface area contributed by atoms with E-state index in [-0.39, 0.29) is 47.4 Å². The maximum Gasteiger partial charge on any atom is 0.360 e. The van der Waals surface area contributed by atoms with Crippen molar-refractivity contribution in [2.45, 2.75) is 13.5 Å². The number of esters is 1. The Morgan fingerprint density at radius 2 is 1.78 bits per heavy atom. The number of hydrogen-bond donors (Lipinski definition) is 0. The molecule has 0 aliphatic heterocycles. The highest BCUT2D eigenvalue weighted by Gasteiger charge is 2.22. The summed E-state index contributed by atoms with van der Waals surface area (Å²) < 4.78 is 51.6. The predicted molar refractivity (Wildman–Crippen MR) is 111 cm³/mol. The van der Waals surface area contributed by atoms with Gasteiger partial charge >= 0.3 is 5.97 Å². The molecule has 0 unspecified atom stereocenters. The van der Waals surface area contributed by atoms with Crippen molar-refractivity contribution in [2.24, 2.45) is 10.3 Å². The molecule has 0 radical (unpaired) electrons. The first kappa shape index (κ1) is 25.2. The zero-order chi connectivity index (χ0) is 23.7. The lowest BCUT2D eigenvalue weighted by Gasteiger charge is -2.13. The van der Waals surface area contributed by atoms with Gasteiger partial charge in [0.05, 0.1) is 19.3 Å². The number of carbonyl (C=O) groups excluding carboxylic acids is 1. The zero-order valence-electron chi connectivity index (χ0n) is 17.5. The molecule has 0 aromatic heterocycles. The minimum Gasteiger partial charge on any atom is -0.464 e. The Morgan fingerprint density at radius 3 is 2.38 bits per heavy atom. The Kier molecular flexibility index (Phi) is 9.48. The van der Waals surface area contributed by atoms with Crippen LogP contribution in [0.25, 0.3) is 0 Å². The lowest BCUT2D eigenvalue weighted by molar-refractivity contribution is -0.132. The van der Waals surface area contributed by atoms with Crippen LogP contribution < -0.4 is 0 Å². The fourth-order valence-corrected chi connectivity index (χ4v) is 2.88. The summed E-state index contributed by atoms with van der Waals surface area (Å²) in [4.78, 5) is 22.1. The lowest BCUT2D eigenvalue weighted by atomic mass is 10.0. The van der Waals surface area contributed by atoms with Crippen molar-refractivity contribution in [2.75, 3.05) is 27.4 Å². The van der Waals surface area contributed by atoms with E-state index in [2.05, 4.69) is 10.3 Å². The number of nitrogens with zero attached hydrogens (tertiary/aromatic N) is 2. The van der Waals surface area contributed by atoms with Gasteiger partial charge in [0.15, 0.2) is 5.71 Å². The fraction of sp³-hybridized carbons (Fsp3) is 0.286. The normalized spacial score (nSPS) is 12.0. The summed E-state index contributed by atoms with van der Waals surface area (Å²) in [5.41, 5.74) is -0.475. The van der Waals surface area contributed by atoms with Gasteiger partial charge in [-0.25, -0.2) is 18.0 Å². The summed E-state index contributed by atoms with van der Waals surface area (Å²) in [6.07, 6.45) is 0. The molecule has 0 aliphatic carbocycles. The second-order valence-electron chi connectivity index (χ2n) is 6.07. The van der Waals surface area contributed by atoms with E-state index >= 15 is 0 Å². The smallest absolute Gasteiger partial charge is 0.360 e. The summed E-state index contributed by atoms with van der Waals surface area (Å²) >= 11 is 6.24. The lowest BCUT2D eigenvalue weighted by Crippen LogP contribution is -2.20. The minimum absolute atomic E-state index is 0.176. The summed E-state index contributed by atoms with van der Waals surface area (Å²) in [5, 5.41) is 7.65. The van der Waals surface area contributed by atoms with Crippen LogP contribution in [0.3, 0.4) is 0 Å². The highest BCUT2D eigenvalue weighted by molar-refractivity contribution is 6.44. The molecule has 0 atom stereocenters. The van der Waals surface area contributed by atoms with Gasteiger partial charge in [0.1, 0.15) is 36.9 Å². The molecule has 2 rings (SSSR count). The SMILES string of the molecule is CCOC/C(=N\OCc1c(Cl)cccc1/C(=N\OC)C(=O)OC)c1c(F)cc(F)cc1F. The first-order valence-electron chi connectivity index (χ1n) is 9.22. The van der Waals surface area contributed by atoms with Crippen molar-refractivity contribution >= 4 is 29.0 Å². The van der Waals surface area contributed by atoms with Crippen LogP contribution in [0.15, 0.2) is 40.6 Å². The number of oxime groups is 2. The molecule has 0 aliphatic rings. The van der Waals surface area contributed by atoms with E-state index in [1.54, 1.807) is 13.0 Å². The van der Waals surface area contributed by atoms with Gasteiger partial charge in [-0.2, -0.15) is 0 Å². The third-order valence-corrected chi connectivity index (χ3v) is 4.41. The van der Waals surface area contributed by atoms with Gasteiger partial charge in [-0.1, -0.05) is 34.0 Å². The van der Waals surface area contributed by atoms with Crippen molar-refractivity contribution in [1.82, 2.24) is 0 Å². The first-order chi connectivity index (χ1) is 15.3. The molecule has 0 spiro atoms. The van der Waals surface area contributed by atoms with Gasteiger partial charge in [0.2, 0.25) is 0 Å². The van der Waals surface area contributed by atoms with Crippen molar-refractivity contribution in [3.05, 3.63) is 69.5 Å². The summed E-state index contributed by atoms with van der Waals surface area (Å²) in [5.74, 6) is -4.19. The van der Waals surface area contributed by atoms with Gasteiger partial charge < -0.3 is 19.1 Å². The Labute approximate surface area is 187 Å². The van der Waals surface area contributed by atoms with E-state index in [0.29, 0.717) is 12.1 Å². The second kappa shape index (κ2) is 12.1. The largest absolute Gasteiger partial charge is 0.464 e. The van der Waals surface area contributed by atoms with Crippen molar-refractivity contribution in [3.8, 4) is 0 Å². The van der Waals surface area contributed by atoms with E-state index in [4.69, 9.17) is 30.7 Å². The van der Waals surface area contributed by atoms with E-state index < -0.39 is 29.0 Å². The van der Waals surface area contributed by atoms with Crippen molar-refractivity contribution in [3.63, 3.8) is 0 Å². The van der Waals surface area contributed by atoms with E-state index in [1.165, 1.54) is 26.4 Å². The van der Waals surface area contributed by atoms with Crippen LogP contribution in [0.2, 0.25) is 5.02 Å². The third-order valence-electron chi connectivity index (χ3n) is 4.06. The van der Waals surface area contributed by atoms with E-state index in [0.717, 1.165) is 0 Å². The van der Waals surface area contributed by atoms with Gasteiger partial charge in [0.25, 0.3) is 0 Å². The number of methoxy groups -OCH3 is 1. The molecule has 2 aromatic rings. The molecule has 0 amide bonds. The average molecular weight is 473 g/mol. The Hall–Kier alpha value is -3.11. The van der Waals surface area contributed by atoms with Crippen LogP contribution in [0.5, 0.6) is 0 Å². The maximum absolute atomic E-state index is 14.2. The molecule has 0 saturated carbocycles. The Morgan fingerprint density at radius 1 is 1.09 bits per heavy atom. The Bertz CT molecular complexity index is 1010. The Balaban J connectivity index is 2.41. The zero-order valence-corrected chi connectivity index (χ0v) is 18.2. The maximum atomic E-state index is 14.2. The third kappa shape index (κ3) is 6.21. The average Bonchev–Trinajstić information content (AvgIpc) is 2.75. The van der Waals surface area contributed by atoms with Gasteiger partial charge in [-0.05, 0) is 13.0 Å². The molecular formula is C21H20ClF3N2O5. The van der Waals surface area contributed by atoms with Gasteiger partial charge in [-0.3, -0.25) is 0 Å². The molecule has 0 heterocycles. The molecule has 11 heteroatoms. The van der Waals surface area contributed by atoms with Crippen LogP contribution in [-0.2, 0) is 30.6 Å². The molecule has 0 N–H and O–H groups in total. The fourth-order valence-electron chi connectivity index (χ4n) is 2.65. The quantitative estimate of drug-likeness (QED) is 0.293. The number of benzene rings is 2. The van der Waals surface area contributed by atoms with Gasteiger partial charge in [-0.15, -0.1) is 0 Å². The number of carbonyl (C=O) groups is 1. The highest BCUT2D eigenvalue weighted by atomic mass is 35.5. The number of halogens is 4. The molecule has 0 fully saturated rings. The van der Waals surface area contributed by atoms with Crippen molar-refractivity contribution < 1.29 is 37.1 Å². The first-order valence-corrected chi connectivity index (χ1v) is 9.60. The number of hydrogen-bond acceptors (Lipinski definition) is 7. The predicted octanol–water partition coefficient (Wildman–Crippen LogP) is 4.24. The van der Waals surface area contributed by atoms with Crippen LogP contribution >= 0.6 is 11.6 Å². The molecule has 0 saturated heterocycles. The second-order valence-corrected chi connectivity index (χ2v) is 6.48. The van der Waals surface area contributed by atoms with Crippen LogP contribution in [0.1, 0.15) is 23.6 Å². The summed E-state index contributed by atoms with van der Waals surface area (Å²) in [6, 6.07) is 5.69. The van der Waals surface area contributed by atoms with Crippen LogP contribution in [-0.4, -0.2) is 44.8 Å². The molecule has 32 heavy (non-hydrogen) atoms. The number of rotatable bonds is 10. The van der Waals surface area contributed by atoms with E-state index in [1.807, 2.05) is 0 Å². The molecule has 172 valence electrons. The summed E-state index contributed by atoms with van der Waals surface area (Å²) in [7, 11) is 2.42. The monoisotopic (exact) mass is 472 g/mol. The van der Waals surface area contributed by atoms with Crippen LogP contribution in [0.4, 0.5) is 13.2 Å². The summed E-state index contributed by atoms with van der Waals surface area (Å²) in [6.45, 7) is 1.29. The molecule has 7 nitrogen and oxygen atoms in total. The van der Waals surface area contributed by atoms with Crippen molar-refractivity contribution in [1.29, 1.82) is 0 Å². The van der Waals surface area contributed by atoms with Gasteiger partial charge in [0, 0.05) is 34.9 Å². The minimum atomic E-state index is -1.16. The standard InChI is InChI=1S/C21H20ClF3N2O5/c1-4-31-11-18(19-16(24)8-12(23)9-17(19)25)26-32-10-14-13(6-5-7-15(14)22)20(27-30-3)21(28)29-2/h5-9H,4,10-11H2,1-3H3/b26-18+,27-20+. The van der Waals surface area contributed by atoms with E-state index in [9.17, 15) is 18.0 Å². The number of ether oxygens (including phenoxy) is 2. The van der Waals surface area contributed by atoms with Crippen LogP contribution in [0, 0.1) is 17.5 Å². The molecule has 2 aromatic carbocycles.